The third kappa shape index (κ3) is 7.04. The molecule has 0 amide bonds. The lowest BCUT2D eigenvalue weighted by Crippen LogP contribution is -1.89. The quantitative estimate of drug-likeness (QED) is 0.332. The summed E-state index contributed by atoms with van der Waals surface area (Å²) in [5.74, 6) is 0. The Morgan fingerprint density at radius 3 is 1.10 bits per heavy atom. The van der Waals surface area contributed by atoms with Crippen molar-refractivity contribution in [3.63, 3.8) is 0 Å². The van der Waals surface area contributed by atoms with Crippen LogP contribution in [-0.2, 0) is 12.8 Å². The first-order chi connectivity index (χ1) is 14.5. The largest absolute Gasteiger partial charge is 0.0617 e. The summed E-state index contributed by atoms with van der Waals surface area (Å²) in [4.78, 5) is 0. The van der Waals surface area contributed by atoms with Crippen LogP contribution in [0.4, 0.5) is 0 Å². The van der Waals surface area contributed by atoms with E-state index in [0.29, 0.717) is 0 Å². The molecule has 0 aliphatic heterocycles. The lowest BCUT2D eigenvalue weighted by atomic mass is 10.0. The minimum Gasteiger partial charge on any atom is -0.0617 e. The molecule has 0 fully saturated rings. The SMILES string of the molecule is Cc1ccc(Cc2ccc(C)cc2)cc1.Cc1cccc(Cc2cccc(C)c2)c1. The van der Waals surface area contributed by atoms with Crippen LogP contribution in [0, 0.1) is 27.7 Å². The average Bonchev–Trinajstić information content (AvgIpc) is 2.72. The van der Waals surface area contributed by atoms with Gasteiger partial charge in [-0.1, -0.05) is 119 Å². The van der Waals surface area contributed by atoms with Gasteiger partial charge in [-0.15, -0.1) is 0 Å². The van der Waals surface area contributed by atoms with Gasteiger partial charge in [0.25, 0.3) is 0 Å². The zero-order valence-electron chi connectivity index (χ0n) is 18.7. The molecular weight excluding hydrogens is 360 g/mol. The Labute approximate surface area is 182 Å². The normalized spacial score (nSPS) is 10.3. The fourth-order valence-corrected chi connectivity index (χ4v) is 3.53. The molecule has 0 spiro atoms. The molecule has 4 rings (SSSR count). The van der Waals surface area contributed by atoms with Crippen LogP contribution in [0.5, 0.6) is 0 Å². The van der Waals surface area contributed by atoms with Gasteiger partial charge in [0.05, 0.1) is 0 Å². The Morgan fingerprint density at radius 2 is 0.733 bits per heavy atom. The Hall–Kier alpha value is -3.12. The van der Waals surface area contributed by atoms with Crippen molar-refractivity contribution in [2.24, 2.45) is 0 Å². The van der Waals surface area contributed by atoms with Gasteiger partial charge in [0, 0.05) is 0 Å². The molecule has 0 N–H and O–H groups in total. The first-order valence-corrected chi connectivity index (χ1v) is 10.7. The van der Waals surface area contributed by atoms with Crippen molar-refractivity contribution in [2.75, 3.05) is 0 Å². The standard InChI is InChI=1S/2C15H16/c1-12-3-7-14(8-4-12)11-15-9-5-13(2)6-10-15;1-12-5-3-7-14(9-12)11-15-8-4-6-13(2)10-15/h2*3-10H,11H2,1-2H3. The molecule has 0 aliphatic rings. The summed E-state index contributed by atoms with van der Waals surface area (Å²) >= 11 is 0. The van der Waals surface area contributed by atoms with E-state index in [1.807, 2.05) is 0 Å². The fourth-order valence-electron chi connectivity index (χ4n) is 3.53. The third-order valence-corrected chi connectivity index (χ3v) is 5.22. The van der Waals surface area contributed by atoms with E-state index in [4.69, 9.17) is 0 Å². The van der Waals surface area contributed by atoms with Crippen molar-refractivity contribution >= 4 is 0 Å². The summed E-state index contributed by atoms with van der Waals surface area (Å²) in [5, 5.41) is 0. The Balaban J connectivity index is 0.000000171. The maximum atomic E-state index is 2.25. The van der Waals surface area contributed by atoms with Crippen LogP contribution >= 0.6 is 0 Å². The summed E-state index contributed by atoms with van der Waals surface area (Å²) in [6, 6.07) is 34.9. The van der Waals surface area contributed by atoms with Gasteiger partial charge < -0.3 is 0 Å². The summed E-state index contributed by atoms with van der Waals surface area (Å²) in [6.45, 7) is 8.52. The lowest BCUT2D eigenvalue weighted by molar-refractivity contribution is 1.17. The topological polar surface area (TPSA) is 0 Å². The molecule has 4 aromatic rings. The smallest absolute Gasteiger partial charge is 0.00256 e. The lowest BCUT2D eigenvalue weighted by Gasteiger charge is -2.03. The van der Waals surface area contributed by atoms with Gasteiger partial charge in [-0.05, 0) is 62.8 Å². The maximum Gasteiger partial charge on any atom is -0.00256 e. The predicted molar refractivity (Wildman–Crippen MR) is 130 cm³/mol. The van der Waals surface area contributed by atoms with Crippen LogP contribution in [0.1, 0.15) is 44.5 Å². The minimum absolute atomic E-state index is 1.03. The highest BCUT2D eigenvalue weighted by molar-refractivity contribution is 5.31. The van der Waals surface area contributed by atoms with E-state index < -0.39 is 0 Å². The van der Waals surface area contributed by atoms with Crippen molar-refractivity contribution in [3.8, 4) is 0 Å². The van der Waals surface area contributed by atoms with Crippen LogP contribution in [0.2, 0.25) is 0 Å². The molecule has 30 heavy (non-hydrogen) atoms. The number of benzene rings is 4. The summed E-state index contributed by atoms with van der Waals surface area (Å²) in [7, 11) is 0. The molecule has 4 aromatic carbocycles. The van der Waals surface area contributed by atoms with E-state index in [0.717, 1.165) is 12.8 Å². The molecule has 0 aromatic heterocycles. The van der Waals surface area contributed by atoms with Crippen LogP contribution in [-0.4, -0.2) is 0 Å². The number of rotatable bonds is 4. The van der Waals surface area contributed by atoms with E-state index in [-0.39, 0.29) is 0 Å². The fraction of sp³-hybridized carbons (Fsp3) is 0.200. The molecule has 0 aliphatic carbocycles. The van der Waals surface area contributed by atoms with Crippen LogP contribution in [0.25, 0.3) is 0 Å². The first-order valence-electron chi connectivity index (χ1n) is 10.7. The highest BCUT2D eigenvalue weighted by atomic mass is 14.0. The summed E-state index contributed by atoms with van der Waals surface area (Å²) in [6.07, 6.45) is 2.06. The molecule has 0 atom stereocenters. The van der Waals surface area contributed by atoms with E-state index in [9.17, 15) is 0 Å². The highest BCUT2D eigenvalue weighted by Crippen LogP contribution is 2.13. The van der Waals surface area contributed by atoms with Gasteiger partial charge in [0.2, 0.25) is 0 Å². The van der Waals surface area contributed by atoms with Gasteiger partial charge >= 0.3 is 0 Å². The highest BCUT2D eigenvalue weighted by Gasteiger charge is 1.97. The van der Waals surface area contributed by atoms with Crippen molar-refractivity contribution in [3.05, 3.63) is 142 Å². The van der Waals surface area contributed by atoms with E-state index in [2.05, 4.69) is 125 Å². The molecule has 0 nitrogen and oxygen atoms in total. The molecular formula is C30H32. The van der Waals surface area contributed by atoms with Crippen LogP contribution < -0.4 is 0 Å². The van der Waals surface area contributed by atoms with E-state index >= 15 is 0 Å². The van der Waals surface area contributed by atoms with Crippen molar-refractivity contribution in [1.82, 2.24) is 0 Å². The number of hydrogen-bond acceptors (Lipinski definition) is 0. The average molecular weight is 393 g/mol. The van der Waals surface area contributed by atoms with Crippen molar-refractivity contribution < 1.29 is 0 Å². The second-order valence-electron chi connectivity index (χ2n) is 8.30. The Morgan fingerprint density at radius 1 is 0.367 bits per heavy atom. The zero-order valence-corrected chi connectivity index (χ0v) is 18.7. The second-order valence-corrected chi connectivity index (χ2v) is 8.30. The predicted octanol–water partition coefficient (Wildman–Crippen LogP) is 7.79. The monoisotopic (exact) mass is 392 g/mol. The molecule has 0 radical (unpaired) electrons. The molecule has 152 valence electrons. The molecule has 0 bridgehead atoms. The van der Waals surface area contributed by atoms with Gasteiger partial charge in [-0.3, -0.25) is 0 Å². The maximum absolute atomic E-state index is 2.25. The van der Waals surface area contributed by atoms with Gasteiger partial charge in [-0.25, -0.2) is 0 Å². The Kier molecular flexibility index (Phi) is 7.63. The van der Waals surface area contributed by atoms with Crippen molar-refractivity contribution in [1.29, 1.82) is 0 Å². The molecule has 0 saturated heterocycles. The molecule has 0 heteroatoms. The zero-order chi connectivity index (χ0) is 21.3. The van der Waals surface area contributed by atoms with Crippen LogP contribution in [0.15, 0.2) is 97.1 Å². The van der Waals surface area contributed by atoms with Crippen LogP contribution in [0.3, 0.4) is 0 Å². The Bertz CT molecular complexity index is 967. The number of hydrogen-bond donors (Lipinski definition) is 0. The summed E-state index contributed by atoms with van der Waals surface area (Å²) in [5.41, 5.74) is 10.8. The van der Waals surface area contributed by atoms with Gasteiger partial charge in [0.15, 0.2) is 0 Å². The molecule has 0 unspecified atom stereocenters. The molecule has 0 saturated carbocycles. The third-order valence-electron chi connectivity index (χ3n) is 5.22. The van der Waals surface area contributed by atoms with Gasteiger partial charge in [-0.2, -0.15) is 0 Å². The van der Waals surface area contributed by atoms with E-state index in [1.54, 1.807) is 0 Å². The second kappa shape index (κ2) is 10.6. The molecule has 0 heterocycles. The number of aryl methyl sites for hydroxylation is 4. The first kappa shape index (κ1) is 21.6. The summed E-state index contributed by atoms with van der Waals surface area (Å²) < 4.78 is 0. The van der Waals surface area contributed by atoms with Gasteiger partial charge in [0.1, 0.15) is 0 Å². The van der Waals surface area contributed by atoms with E-state index in [1.165, 1.54) is 44.5 Å². The minimum atomic E-state index is 1.03. The van der Waals surface area contributed by atoms with Crippen molar-refractivity contribution in [2.45, 2.75) is 40.5 Å².